The van der Waals surface area contributed by atoms with Crippen molar-refractivity contribution in [3.05, 3.63) is 28.1 Å². The van der Waals surface area contributed by atoms with Gasteiger partial charge in [0.15, 0.2) is 0 Å². The number of rotatable bonds is 4. The average Bonchev–Trinajstić information content (AvgIpc) is 3.18. The second-order valence-electron chi connectivity index (χ2n) is 5.48. The van der Waals surface area contributed by atoms with E-state index >= 15 is 0 Å². The van der Waals surface area contributed by atoms with Gasteiger partial charge in [-0.2, -0.15) is 0 Å². The fourth-order valence-electron chi connectivity index (χ4n) is 2.63. The SMILES string of the molecule is O=C(NC1CCNCC1)c1cc([N+](=O)[O-])cn1C1CC1. The predicted octanol–water partition coefficient (Wildman–Crippen LogP) is 1.21. The Morgan fingerprint density at radius 1 is 1.35 bits per heavy atom. The van der Waals surface area contributed by atoms with Crippen molar-refractivity contribution in [3.8, 4) is 0 Å². The van der Waals surface area contributed by atoms with Crippen molar-refractivity contribution in [2.75, 3.05) is 13.1 Å². The van der Waals surface area contributed by atoms with Crippen molar-refractivity contribution in [3.63, 3.8) is 0 Å². The molecule has 1 aromatic rings. The number of nitrogens with one attached hydrogen (secondary N) is 2. The number of hydrogen-bond acceptors (Lipinski definition) is 4. The highest BCUT2D eigenvalue weighted by Gasteiger charge is 2.31. The number of nitro groups is 1. The van der Waals surface area contributed by atoms with Gasteiger partial charge in [0.25, 0.3) is 11.6 Å². The number of nitrogens with zero attached hydrogens (tertiary/aromatic N) is 2. The number of piperidine rings is 1. The molecule has 1 aliphatic carbocycles. The lowest BCUT2D eigenvalue weighted by Crippen LogP contribution is -2.43. The first-order valence-corrected chi connectivity index (χ1v) is 7.03. The van der Waals surface area contributed by atoms with Crippen molar-refractivity contribution in [1.82, 2.24) is 15.2 Å². The van der Waals surface area contributed by atoms with Gasteiger partial charge >= 0.3 is 0 Å². The van der Waals surface area contributed by atoms with Gasteiger partial charge in [-0.25, -0.2) is 0 Å². The highest BCUT2D eigenvalue weighted by molar-refractivity contribution is 5.93. The van der Waals surface area contributed by atoms with Gasteiger partial charge in [-0.15, -0.1) is 0 Å². The normalized spacial score (nSPS) is 19.8. The Kier molecular flexibility index (Phi) is 3.43. The van der Waals surface area contributed by atoms with Crippen LogP contribution in [-0.4, -0.2) is 34.5 Å². The minimum atomic E-state index is -0.444. The van der Waals surface area contributed by atoms with Crippen molar-refractivity contribution in [2.45, 2.75) is 37.8 Å². The van der Waals surface area contributed by atoms with E-state index in [0.717, 1.165) is 38.8 Å². The number of aromatic nitrogens is 1. The lowest BCUT2D eigenvalue weighted by Gasteiger charge is -2.23. The van der Waals surface area contributed by atoms with E-state index in [1.807, 2.05) is 0 Å². The Morgan fingerprint density at radius 2 is 2.05 bits per heavy atom. The molecule has 1 amide bonds. The van der Waals surface area contributed by atoms with Crippen LogP contribution in [0.1, 0.15) is 42.2 Å². The molecule has 0 unspecified atom stereocenters. The Morgan fingerprint density at radius 3 is 2.65 bits per heavy atom. The molecule has 7 nitrogen and oxygen atoms in total. The summed E-state index contributed by atoms with van der Waals surface area (Å²) in [6.07, 6.45) is 5.25. The smallest absolute Gasteiger partial charge is 0.287 e. The predicted molar refractivity (Wildman–Crippen MR) is 72.7 cm³/mol. The van der Waals surface area contributed by atoms with Crippen LogP contribution < -0.4 is 10.6 Å². The van der Waals surface area contributed by atoms with Crippen LogP contribution in [0.3, 0.4) is 0 Å². The number of hydrogen-bond donors (Lipinski definition) is 2. The van der Waals surface area contributed by atoms with Crippen molar-refractivity contribution in [1.29, 1.82) is 0 Å². The second kappa shape index (κ2) is 5.24. The summed E-state index contributed by atoms with van der Waals surface area (Å²) in [6.45, 7) is 1.80. The standard InChI is InChI=1S/C13H18N4O3/c18-13(15-9-3-5-14-6-4-9)12-7-11(17(19)20)8-16(12)10-1-2-10/h7-10,14H,1-6H2,(H,15,18). The zero-order valence-corrected chi connectivity index (χ0v) is 11.2. The van der Waals surface area contributed by atoms with Gasteiger partial charge in [0, 0.05) is 18.2 Å². The summed E-state index contributed by atoms with van der Waals surface area (Å²) in [7, 11) is 0. The summed E-state index contributed by atoms with van der Waals surface area (Å²) in [6, 6.07) is 1.79. The zero-order valence-electron chi connectivity index (χ0n) is 11.2. The molecule has 2 heterocycles. The van der Waals surface area contributed by atoms with Crippen LogP contribution >= 0.6 is 0 Å². The van der Waals surface area contributed by atoms with E-state index in [9.17, 15) is 14.9 Å². The first kappa shape index (κ1) is 13.1. The minimum absolute atomic E-state index is 0.00707. The molecule has 0 bridgehead atoms. The van der Waals surface area contributed by atoms with Crippen molar-refractivity contribution >= 4 is 11.6 Å². The molecule has 7 heteroatoms. The summed E-state index contributed by atoms with van der Waals surface area (Å²) in [5.41, 5.74) is 0.407. The topological polar surface area (TPSA) is 89.2 Å². The highest BCUT2D eigenvalue weighted by atomic mass is 16.6. The van der Waals surface area contributed by atoms with Gasteiger partial charge in [-0.05, 0) is 38.8 Å². The molecule has 0 spiro atoms. The Hall–Kier alpha value is -1.89. The van der Waals surface area contributed by atoms with Gasteiger partial charge in [-0.3, -0.25) is 14.9 Å². The third-order valence-electron chi connectivity index (χ3n) is 3.89. The molecular weight excluding hydrogens is 260 g/mol. The third-order valence-corrected chi connectivity index (χ3v) is 3.89. The maximum absolute atomic E-state index is 12.3. The van der Waals surface area contributed by atoms with E-state index in [-0.39, 0.29) is 23.7 Å². The lowest BCUT2D eigenvalue weighted by atomic mass is 10.1. The fourth-order valence-corrected chi connectivity index (χ4v) is 2.63. The first-order chi connectivity index (χ1) is 9.65. The molecule has 20 heavy (non-hydrogen) atoms. The Labute approximate surface area is 116 Å². The lowest BCUT2D eigenvalue weighted by molar-refractivity contribution is -0.384. The highest BCUT2D eigenvalue weighted by Crippen LogP contribution is 2.37. The van der Waals surface area contributed by atoms with Gasteiger partial charge in [0.1, 0.15) is 5.69 Å². The minimum Gasteiger partial charge on any atom is -0.348 e. The van der Waals surface area contributed by atoms with Crippen LogP contribution in [0.2, 0.25) is 0 Å². The maximum Gasteiger partial charge on any atom is 0.287 e. The van der Waals surface area contributed by atoms with Crippen LogP contribution in [0.15, 0.2) is 12.3 Å². The molecule has 2 aliphatic rings. The first-order valence-electron chi connectivity index (χ1n) is 7.03. The van der Waals surface area contributed by atoms with E-state index in [1.54, 1.807) is 4.57 Å². The van der Waals surface area contributed by atoms with Crippen LogP contribution in [0.4, 0.5) is 5.69 Å². The second-order valence-corrected chi connectivity index (χ2v) is 5.48. The maximum atomic E-state index is 12.3. The number of carbonyl (C=O) groups is 1. The summed E-state index contributed by atoms with van der Waals surface area (Å²) in [5.74, 6) is -0.197. The van der Waals surface area contributed by atoms with Crippen LogP contribution in [0.25, 0.3) is 0 Å². The van der Waals surface area contributed by atoms with Gasteiger partial charge in [-0.1, -0.05) is 0 Å². The van der Waals surface area contributed by atoms with E-state index < -0.39 is 4.92 Å². The van der Waals surface area contributed by atoms with Crippen molar-refractivity contribution < 1.29 is 9.72 Å². The molecule has 2 N–H and O–H groups in total. The van der Waals surface area contributed by atoms with E-state index in [0.29, 0.717) is 5.69 Å². The third kappa shape index (κ3) is 2.67. The van der Waals surface area contributed by atoms with Gasteiger partial charge < -0.3 is 15.2 Å². The molecule has 0 radical (unpaired) electrons. The molecule has 0 aromatic carbocycles. The van der Waals surface area contributed by atoms with E-state index in [2.05, 4.69) is 10.6 Å². The number of carbonyl (C=O) groups excluding carboxylic acids is 1. The van der Waals surface area contributed by atoms with Crippen LogP contribution in [0, 0.1) is 10.1 Å². The monoisotopic (exact) mass is 278 g/mol. The largest absolute Gasteiger partial charge is 0.348 e. The quantitative estimate of drug-likeness (QED) is 0.640. The molecule has 108 valence electrons. The van der Waals surface area contributed by atoms with Crippen molar-refractivity contribution in [2.24, 2.45) is 0 Å². The molecule has 2 fully saturated rings. The summed E-state index contributed by atoms with van der Waals surface area (Å²) in [4.78, 5) is 22.8. The molecule has 1 aliphatic heterocycles. The summed E-state index contributed by atoms with van der Waals surface area (Å²) in [5, 5.41) is 17.1. The Balaban J connectivity index is 1.77. The molecule has 1 saturated heterocycles. The van der Waals surface area contributed by atoms with Crippen LogP contribution in [0.5, 0.6) is 0 Å². The average molecular weight is 278 g/mol. The fraction of sp³-hybridized carbons (Fsp3) is 0.615. The summed E-state index contributed by atoms with van der Waals surface area (Å²) < 4.78 is 1.76. The molecule has 0 atom stereocenters. The molecule has 1 saturated carbocycles. The molecular formula is C13H18N4O3. The molecule has 1 aromatic heterocycles. The molecule has 3 rings (SSSR count). The summed E-state index contributed by atoms with van der Waals surface area (Å²) >= 11 is 0. The van der Waals surface area contributed by atoms with Crippen LogP contribution in [-0.2, 0) is 0 Å². The number of amides is 1. The van der Waals surface area contributed by atoms with E-state index in [1.165, 1.54) is 12.3 Å². The Bertz CT molecular complexity index is 530. The van der Waals surface area contributed by atoms with Gasteiger partial charge in [0.2, 0.25) is 0 Å². The van der Waals surface area contributed by atoms with E-state index in [4.69, 9.17) is 0 Å². The zero-order chi connectivity index (χ0) is 14.1. The van der Waals surface area contributed by atoms with Gasteiger partial charge in [0.05, 0.1) is 11.1 Å².